The smallest absolute Gasteiger partial charge is 0.407 e. The van der Waals surface area contributed by atoms with Crippen molar-refractivity contribution in [3.05, 3.63) is 0 Å². The van der Waals surface area contributed by atoms with Crippen molar-refractivity contribution in [2.45, 2.75) is 58.5 Å². The van der Waals surface area contributed by atoms with Gasteiger partial charge in [0.15, 0.2) is 0 Å². The fourth-order valence-corrected chi connectivity index (χ4v) is 1.76. The molecule has 1 rings (SSSR count). The lowest BCUT2D eigenvalue weighted by atomic mass is 10.1. The summed E-state index contributed by atoms with van der Waals surface area (Å²) in [6, 6.07) is 0. The third-order valence-corrected chi connectivity index (χ3v) is 2.54. The van der Waals surface area contributed by atoms with E-state index < -0.39 is 5.60 Å². The van der Waals surface area contributed by atoms with Gasteiger partial charge in [-0.05, 0) is 40.0 Å². The van der Waals surface area contributed by atoms with Crippen molar-refractivity contribution < 1.29 is 9.53 Å². The molecule has 1 heterocycles. The molecule has 0 fully saturated rings. The molecule has 0 saturated carbocycles. The van der Waals surface area contributed by atoms with Gasteiger partial charge in [-0.15, -0.1) is 0 Å². The van der Waals surface area contributed by atoms with Gasteiger partial charge in [0.1, 0.15) is 5.60 Å². The standard InChI is InChI=1S/C13H24N2O2/c1-13(2,3)17-12(16)15-10-8-11-7-5-4-6-9-14-11/h4-10H2,1-3H3,(H,15,16). The zero-order valence-electron chi connectivity index (χ0n) is 11.2. The minimum atomic E-state index is -0.427. The van der Waals surface area contributed by atoms with Crippen molar-refractivity contribution in [2.75, 3.05) is 13.1 Å². The van der Waals surface area contributed by atoms with Gasteiger partial charge in [-0.3, -0.25) is 4.99 Å². The van der Waals surface area contributed by atoms with Gasteiger partial charge in [0, 0.05) is 25.2 Å². The minimum absolute atomic E-state index is 0.341. The summed E-state index contributed by atoms with van der Waals surface area (Å²) in [7, 11) is 0. The highest BCUT2D eigenvalue weighted by Crippen LogP contribution is 2.09. The third-order valence-electron chi connectivity index (χ3n) is 2.54. The van der Waals surface area contributed by atoms with E-state index >= 15 is 0 Å². The van der Waals surface area contributed by atoms with Crippen molar-refractivity contribution in [1.82, 2.24) is 5.32 Å². The first-order valence-corrected chi connectivity index (χ1v) is 6.46. The summed E-state index contributed by atoms with van der Waals surface area (Å²) in [5.41, 5.74) is 0.808. The summed E-state index contributed by atoms with van der Waals surface area (Å²) in [4.78, 5) is 15.9. The van der Waals surface area contributed by atoms with Crippen molar-refractivity contribution >= 4 is 11.8 Å². The van der Waals surface area contributed by atoms with E-state index in [0.29, 0.717) is 6.54 Å². The van der Waals surface area contributed by atoms with Gasteiger partial charge in [0.25, 0.3) is 0 Å². The van der Waals surface area contributed by atoms with E-state index in [9.17, 15) is 4.79 Å². The Labute approximate surface area is 104 Å². The second kappa shape index (κ2) is 6.62. The molecule has 0 spiro atoms. The van der Waals surface area contributed by atoms with Crippen LogP contribution in [0, 0.1) is 0 Å². The Morgan fingerprint density at radius 2 is 2.12 bits per heavy atom. The van der Waals surface area contributed by atoms with E-state index in [2.05, 4.69) is 10.3 Å². The lowest BCUT2D eigenvalue weighted by Gasteiger charge is -2.19. The zero-order chi connectivity index (χ0) is 12.7. The third kappa shape index (κ3) is 6.97. The van der Waals surface area contributed by atoms with Gasteiger partial charge < -0.3 is 10.1 Å². The van der Waals surface area contributed by atoms with Crippen LogP contribution in [-0.2, 0) is 4.74 Å². The van der Waals surface area contributed by atoms with Gasteiger partial charge in [-0.2, -0.15) is 0 Å². The number of nitrogens with one attached hydrogen (secondary N) is 1. The second-order valence-electron chi connectivity index (χ2n) is 5.44. The molecule has 0 atom stereocenters. The molecule has 0 aromatic carbocycles. The molecule has 0 bridgehead atoms. The first kappa shape index (κ1) is 14.0. The van der Waals surface area contributed by atoms with Gasteiger partial charge in [0.05, 0.1) is 0 Å². The molecule has 98 valence electrons. The fraction of sp³-hybridized carbons (Fsp3) is 0.846. The molecular formula is C13H24N2O2. The molecule has 1 amide bonds. The number of amides is 1. The monoisotopic (exact) mass is 240 g/mol. The molecule has 0 radical (unpaired) electrons. The average molecular weight is 240 g/mol. The number of rotatable bonds is 3. The van der Waals surface area contributed by atoms with Crippen LogP contribution >= 0.6 is 0 Å². The van der Waals surface area contributed by atoms with Crippen LogP contribution in [0.4, 0.5) is 4.79 Å². The SMILES string of the molecule is CC(C)(C)OC(=O)NCCC1=NCCCCC1. The Morgan fingerprint density at radius 1 is 1.35 bits per heavy atom. The number of carbonyl (C=O) groups excluding carboxylic acids is 1. The maximum Gasteiger partial charge on any atom is 0.407 e. The molecule has 0 aromatic rings. The van der Waals surface area contributed by atoms with Crippen molar-refractivity contribution in [1.29, 1.82) is 0 Å². The Kier molecular flexibility index (Phi) is 5.45. The Morgan fingerprint density at radius 3 is 2.82 bits per heavy atom. The van der Waals surface area contributed by atoms with Crippen molar-refractivity contribution in [3.8, 4) is 0 Å². The first-order chi connectivity index (χ1) is 7.97. The molecule has 0 aliphatic carbocycles. The van der Waals surface area contributed by atoms with Crippen LogP contribution in [0.5, 0.6) is 0 Å². The van der Waals surface area contributed by atoms with Gasteiger partial charge in [0.2, 0.25) is 0 Å². The Bertz CT molecular complexity index is 280. The highest BCUT2D eigenvalue weighted by molar-refractivity contribution is 5.85. The van der Waals surface area contributed by atoms with Crippen LogP contribution in [0.2, 0.25) is 0 Å². The summed E-state index contributed by atoms with van der Waals surface area (Å²) in [5, 5.41) is 2.76. The van der Waals surface area contributed by atoms with Crippen molar-refractivity contribution in [2.24, 2.45) is 4.99 Å². The summed E-state index contributed by atoms with van der Waals surface area (Å²) in [6.45, 7) is 7.15. The van der Waals surface area contributed by atoms with E-state index in [1.54, 1.807) is 0 Å². The normalized spacial score (nSPS) is 17.0. The van der Waals surface area contributed by atoms with Crippen LogP contribution in [-0.4, -0.2) is 30.5 Å². The van der Waals surface area contributed by atoms with Crippen LogP contribution in [0.15, 0.2) is 4.99 Å². The highest BCUT2D eigenvalue weighted by Gasteiger charge is 2.15. The van der Waals surface area contributed by atoms with E-state index in [0.717, 1.165) is 19.4 Å². The number of ether oxygens (including phenoxy) is 1. The lowest BCUT2D eigenvalue weighted by Crippen LogP contribution is -2.33. The molecule has 0 aromatic heterocycles. The summed E-state index contributed by atoms with van der Waals surface area (Å²) in [5.74, 6) is 0. The molecule has 0 saturated heterocycles. The number of hydrogen-bond donors (Lipinski definition) is 1. The van der Waals surface area contributed by atoms with Crippen LogP contribution < -0.4 is 5.32 Å². The molecular weight excluding hydrogens is 216 g/mol. The minimum Gasteiger partial charge on any atom is -0.444 e. The number of hydrogen-bond acceptors (Lipinski definition) is 3. The predicted octanol–water partition coefficient (Wildman–Crippen LogP) is 2.92. The second-order valence-corrected chi connectivity index (χ2v) is 5.44. The molecule has 17 heavy (non-hydrogen) atoms. The molecule has 0 unspecified atom stereocenters. The van der Waals surface area contributed by atoms with Crippen molar-refractivity contribution in [3.63, 3.8) is 0 Å². The number of nitrogens with zero attached hydrogens (tertiary/aromatic N) is 1. The number of aliphatic imine (C=N–C) groups is 1. The van der Waals surface area contributed by atoms with E-state index in [1.165, 1.54) is 25.0 Å². The average Bonchev–Trinajstić information content (AvgIpc) is 2.43. The molecule has 1 aliphatic heterocycles. The largest absolute Gasteiger partial charge is 0.444 e. The number of alkyl carbamates (subject to hydrolysis) is 1. The molecule has 1 N–H and O–H groups in total. The van der Waals surface area contributed by atoms with Gasteiger partial charge in [-0.25, -0.2) is 4.79 Å². The maximum atomic E-state index is 11.4. The van der Waals surface area contributed by atoms with Crippen LogP contribution in [0.25, 0.3) is 0 Å². The fourth-order valence-electron chi connectivity index (χ4n) is 1.76. The highest BCUT2D eigenvalue weighted by atomic mass is 16.6. The van der Waals surface area contributed by atoms with E-state index in [-0.39, 0.29) is 6.09 Å². The molecule has 1 aliphatic rings. The summed E-state index contributed by atoms with van der Waals surface area (Å²) < 4.78 is 5.16. The van der Waals surface area contributed by atoms with Gasteiger partial charge >= 0.3 is 6.09 Å². The topological polar surface area (TPSA) is 50.7 Å². The van der Waals surface area contributed by atoms with Crippen LogP contribution in [0.1, 0.15) is 52.9 Å². The zero-order valence-corrected chi connectivity index (χ0v) is 11.2. The summed E-state index contributed by atoms with van der Waals surface area (Å²) in [6.07, 6.45) is 5.28. The quantitative estimate of drug-likeness (QED) is 0.824. The van der Waals surface area contributed by atoms with Crippen LogP contribution in [0.3, 0.4) is 0 Å². The summed E-state index contributed by atoms with van der Waals surface area (Å²) >= 11 is 0. The number of carbonyl (C=O) groups is 1. The van der Waals surface area contributed by atoms with Gasteiger partial charge in [-0.1, -0.05) is 6.42 Å². The first-order valence-electron chi connectivity index (χ1n) is 6.46. The lowest BCUT2D eigenvalue weighted by molar-refractivity contribution is 0.0529. The Balaban J connectivity index is 2.18. The predicted molar refractivity (Wildman–Crippen MR) is 69.6 cm³/mol. The maximum absolute atomic E-state index is 11.4. The van der Waals surface area contributed by atoms with E-state index in [4.69, 9.17) is 4.74 Å². The van der Waals surface area contributed by atoms with E-state index in [1.807, 2.05) is 20.8 Å². The molecule has 4 nitrogen and oxygen atoms in total. The Hall–Kier alpha value is -1.06. The molecule has 4 heteroatoms.